The maximum absolute atomic E-state index is 15.1. The number of halogens is 2. The van der Waals surface area contributed by atoms with Gasteiger partial charge in [-0.25, -0.2) is 4.39 Å². The van der Waals surface area contributed by atoms with Crippen molar-refractivity contribution >= 4 is 11.6 Å². The highest BCUT2D eigenvalue weighted by atomic mass is 35.5. The molecule has 132 valence electrons. The molecule has 0 amide bonds. The summed E-state index contributed by atoms with van der Waals surface area (Å²) in [6, 6.07) is 17.1. The lowest BCUT2D eigenvalue weighted by atomic mass is 9.92. The molecule has 0 aliphatic carbocycles. The lowest BCUT2D eigenvalue weighted by Gasteiger charge is -2.15. The number of hydrogen-bond acceptors (Lipinski definition) is 2. The molecule has 3 aromatic rings. The van der Waals surface area contributed by atoms with E-state index >= 15 is 4.39 Å². The van der Waals surface area contributed by atoms with E-state index in [0.717, 1.165) is 22.4 Å². The normalized spacial score (nSPS) is 15.5. The Morgan fingerprint density at radius 2 is 1.81 bits per heavy atom. The molecular formula is C22H18ClFO2. The summed E-state index contributed by atoms with van der Waals surface area (Å²) in [5.41, 5.74) is 4.00. The van der Waals surface area contributed by atoms with Crippen LogP contribution in [0.2, 0.25) is 5.02 Å². The van der Waals surface area contributed by atoms with Gasteiger partial charge in [0.2, 0.25) is 0 Å². The van der Waals surface area contributed by atoms with E-state index in [1.54, 1.807) is 12.1 Å². The van der Waals surface area contributed by atoms with Gasteiger partial charge >= 0.3 is 0 Å². The van der Waals surface area contributed by atoms with Crippen LogP contribution in [0.1, 0.15) is 22.8 Å². The van der Waals surface area contributed by atoms with E-state index < -0.39 is 5.82 Å². The van der Waals surface area contributed by atoms with E-state index in [2.05, 4.69) is 0 Å². The SMILES string of the molecule is COc1ccc(C)c(-c2c(Cl)ccc3c2CC(c2ccccc2)O3)c1F. The summed E-state index contributed by atoms with van der Waals surface area (Å²) in [6.07, 6.45) is 0.545. The Labute approximate surface area is 157 Å². The van der Waals surface area contributed by atoms with Gasteiger partial charge in [0.05, 0.1) is 7.11 Å². The van der Waals surface area contributed by atoms with Gasteiger partial charge in [0.15, 0.2) is 11.6 Å². The standard InChI is InChI=1S/C22H18ClFO2/c1-13-8-10-18(25-2)22(24)20(13)21-15-12-19(14-6-4-3-5-7-14)26-17(15)11-9-16(21)23/h3-11,19H,12H2,1-2H3. The van der Waals surface area contributed by atoms with Crippen molar-refractivity contribution in [3.05, 3.63) is 82.1 Å². The maximum atomic E-state index is 15.1. The Balaban J connectivity index is 1.86. The minimum Gasteiger partial charge on any atom is -0.494 e. The highest BCUT2D eigenvalue weighted by molar-refractivity contribution is 6.33. The number of hydrogen-bond donors (Lipinski definition) is 0. The fraction of sp³-hybridized carbons (Fsp3) is 0.182. The van der Waals surface area contributed by atoms with Crippen molar-refractivity contribution in [3.63, 3.8) is 0 Å². The number of aryl methyl sites for hydroxylation is 1. The summed E-state index contributed by atoms with van der Waals surface area (Å²) in [7, 11) is 1.46. The number of fused-ring (bicyclic) bond motifs is 1. The molecule has 1 unspecified atom stereocenters. The Bertz CT molecular complexity index is 970. The molecule has 1 aliphatic rings. The summed E-state index contributed by atoms with van der Waals surface area (Å²) >= 11 is 6.51. The largest absolute Gasteiger partial charge is 0.494 e. The van der Waals surface area contributed by atoms with Gasteiger partial charge in [-0.2, -0.15) is 0 Å². The fourth-order valence-corrected chi connectivity index (χ4v) is 3.81. The van der Waals surface area contributed by atoms with Gasteiger partial charge in [-0.1, -0.05) is 48.0 Å². The molecule has 1 aliphatic heterocycles. The quantitative estimate of drug-likeness (QED) is 0.552. The van der Waals surface area contributed by atoms with Crippen LogP contribution in [-0.2, 0) is 6.42 Å². The van der Waals surface area contributed by atoms with Gasteiger partial charge < -0.3 is 9.47 Å². The minimum atomic E-state index is -0.397. The molecule has 26 heavy (non-hydrogen) atoms. The van der Waals surface area contributed by atoms with Crippen molar-refractivity contribution in [1.82, 2.24) is 0 Å². The lowest BCUT2D eigenvalue weighted by Crippen LogP contribution is -2.02. The molecule has 4 rings (SSSR count). The average molecular weight is 369 g/mol. The first-order valence-electron chi connectivity index (χ1n) is 8.46. The number of methoxy groups -OCH3 is 1. The Morgan fingerprint density at radius 3 is 2.54 bits per heavy atom. The lowest BCUT2D eigenvalue weighted by molar-refractivity contribution is 0.238. The van der Waals surface area contributed by atoms with Crippen molar-refractivity contribution in [2.45, 2.75) is 19.4 Å². The van der Waals surface area contributed by atoms with Gasteiger partial charge in [-0.15, -0.1) is 0 Å². The van der Waals surface area contributed by atoms with Crippen molar-refractivity contribution in [1.29, 1.82) is 0 Å². The van der Waals surface area contributed by atoms with E-state index in [9.17, 15) is 0 Å². The third-order valence-electron chi connectivity index (χ3n) is 4.83. The number of benzene rings is 3. The van der Waals surface area contributed by atoms with Crippen molar-refractivity contribution in [2.75, 3.05) is 7.11 Å². The predicted molar refractivity (Wildman–Crippen MR) is 102 cm³/mol. The zero-order valence-electron chi connectivity index (χ0n) is 14.6. The molecule has 0 N–H and O–H groups in total. The van der Waals surface area contributed by atoms with Crippen LogP contribution in [0, 0.1) is 12.7 Å². The third kappa shape index (κ3) is 2.73. The highest BCUT2D eigenvalue weighted by Gasteiger charge is 2.30. The summed E-state index contributed by atoms with van der Waals surface area (Å²) in [5.74, 6) is 0.559. The van der Waals surface area contributed by atoms with Crippen LogP contribution in [0.5, 0.6) is 11.5 Å². The highest BCUT2D eigenvalue weighted by Crippen LogP contribution is 2.47. The molecule has 4 heteroatoms. The second-order valence-electron chi connectivity index (χ2n) is 6.39. The molecule has 3 aromatic carbocycles. The van der Waals surface area contributed by atoms with Crippen molar-refractivity contribution in [2.24, 2.45) is 0 Å². The summed E-state index contributed by atoms with van der Waals surface area (Å²) in [6.45, 7) is 1.87. The Hall–Kier alpha value is -2.52. The molecule has 0 bridgehead atoms. The third-order valence-corrected chi connectivity index (χ3v) is 5.15. The zero-order chi connectivity index (χ0) is 18.3. The molecule has 0 saturated carbocycles. The first kappa shape index (κ1) is 16.9. The molecule has 0 radical (unpaired) electrons. The van der Waals surface area contributed by atoms with Crippen LogP contribution in [0.4, 0.5) is 4.39 Å². The molecule has 1 heterocycles. The number of ether oxygens (including phenoxy) is 2. The van der Waals surface area contributed by atoms with E-state index in [4.69, 9.17) is 21.1 Å². The number of rotatable bonds is 3. The molecular weight excluding hydrogens is 351 g/mol. The van der Waals surface area contributed by atoms with Gasteiger partial charge in [-0.3, -0.25) is 0 Å². The van der Waals surface area contributed by atoms with Gasteiger partial charge in [0.1, 0.15) is 11.9 Å². The van der Waals surface area contributed by atoms with E-state index in [0.29, 0.717) is 22.6 Å². The minimum absolute atomic E-state index is 0.0996. The summed E-state index contributed by atoms with van der Waals surface area (Å²) in [4.78, 5) is 0. The zero-order valence-corrected chi connectivity index (χ0v) is 15.3. The topological polar surface area (TPSA) is 18.5 Å². The molecule has 0 fully saturated rings. The van der Waals surface area contributed by atoms with Crippen LogP contribution < -0.4 is 9.47 Å². The van der Waals surface area contributed by atoms with E-state index in [1.807, 2.05) is 49.4 Å². The van der Waals surface area contributed by atoms with Gasteiger partial charge in [0, 0.05) is 28.1 Å². The van der Waals surface area contributed by atoms with Crippen LogP contribution in [-0.4, -0.2) is 7.11 Å². The first-order chi connectivity index (χ1) is 12.6. The molecule has 0 spiro atoms. The molecule has 2 nitrogen and oxygen atoms in total. The predicted octanol–water partition coefficient (Wildman–Crippen LogP) is 6.14. The fourth-order valence-electron chi connectivity index (χ4n) is 3.54. The van der Waals surface area contributed by atoms with Gasteiger partial charge in [-0.05, 0) is 36.2 Å². The van der Waals surface area contributed by atoms with Crippen molar-refractivity contribution < 1.29 is 13.9 Å². The monoisotopic (exact) mass is 368 g/mol. The van der Waals surface area contributed by atoms with Gasteiger partial charge in [0.25, 0.3) is 0 Å². The van der Waals surface area contributed by atoms with Crippen molar-refractivity contribution in [3.8, 4) is 22.6 Å². The summed E-state index contributed by atoms with van der Waals surface area (Å²) < 4.78 is 26.4. The average Bonchev–Trinajstić information content (AvgIpc) is 3.09. The van der Waals surface area contributed by atoms with Crippen LogP contribution in [0.15, 0.2) is 54.6 Å². The maximum Gasteiger partial charge on any atom is 0.173 e. The van der Waals surface area contributed by atoms with Crippen LogP contribution in [0.3, 0.4) is 0 Å². The second-order valence-corrected chi connectivity index (χ2v) is 6.80. The van der Waals surface area contributed by atoms with Crippen LogP contribution >= 0.6 is 11.6 Å². The smallest absolute Gasteiger partial charge is 0.173 e. The molecule has 0 aromatic heterocycles. The van der Waals surface area contributed by atoms with E-state index in [-0.39, 0.29) is 11.9 Å². The summed E-state index contributed by atoms with van der Waals surface area (Å²) in [5, 5.41) is 0.510. The van der Waals surface area contributed by atoms with E-state index in [1.165, 1.54) is 7.11 Å². The molecule has 1 atom stereocenters. The molecule has 0 saturated heterocycles. The second kappa shape index (κ2) is 6.65. The van der Waals surface area contributed by atoms with Crippen LogP contribution in [0.25, 0.3) is 11.1 Å². The first-order valence-corrected chi connectivity index (χ1v) is 8.84. The Kier molecular flexibility index (Phi) is 4.33. The Morgan fingerprint density at radius 1 is 1.04 bits per heavy atom.